The van der Waals surface area contributed by atoms with Gasteiger partial charge in [-0.05, 0) is 56.4 Å². The van der Waals surface area contributed by atoms with Gasteiger partial charge in [-0.1, -0.05) is 39.8 Å². The lowest BCUT2D eigenvalue weighted by atomic mass is 9.78. The smallest absolute Gasteiger partial charge is 0.400 e. The minimum atomic E-state index is -0.527. The van der Waals surface area contributed by atoms with Crippen LogP contribution >= 0.6 is 27.7 Å². The van der Waals surface area contributed by atoms with E-state index >= 15 is 0 Å². The van der Waals surface area contributed by atoms with Crippen LogP contribution in [0.15, 0.2) is 23.7 Å². The Morgan fingerprint density at radius 3 is 2.42 bits per heavy atom. The van der Waals surface area contributed by atoms with Crippen LogP contribution in [0.3, 0.4) is 0 Å². The molecule has 1 saturated heterocycles. The average molecular weight is 436 g/mol. The van der Waals surface area contributed by atoms with Crippen LogP contribution in [-0.2, 0) is 19.4 Å². The maximum atomic E-state index is 11.5. The summed E-state index contributed by atoms with van der Waals surface area (Å²) in [4.78, 5) is 11.5. The summed E-state index contributed by atoms with van der Waals surface area (Å²) in [5.74, 6) is 0.477. The van der Waals surface area contributed by atoms with Crippen LogP contribution in [0.5, 0.6) is 0 Å². The molecule has 1 aliphatic heterocycles. The highest BCUT2D eigenvalue weighted by Crippen LogP contribution is 2.39. The summed E-state index contributed by atoms with van der Waals surface area (Å²) >= 11 is 4.72. The van der Waals surface area contributed by atoms with E-state index in [2.05, 4.69) is 22.0 Å². The van der Waals surface area contributed by atoms with Gasteiger partial charge >= 0.3 is 7.12 Å². The highest BCUT2D eigenvalue weighted by Gasteiger charge is 2.52. The Balaban J connectivity index is 2.44. The minimum absolute atomic E-state index is 0.0407. The molecule has 0 unspecified atom stereocenters. The first kappa shape index (κ1) is 21.2. The molecule has 26 heavy (non-hydrogen) atoms. The van der Waals surface area contributed by atoms with Gasteiger partial charge in [0.1, 0.15) is 0 Å². The average Bonchev–Trinajstić information content (AvgIpc) is 2.78. The van der Waals surface area contributed by atoms with Gasteiger partial charge in [0, 0.05) is 18.0 Å². The third-order valence-corrected chi connectivity index (χ3v) is 6.25. The molecule has 7 heteroatoms. The number of hydrogen-bond acceptors (Lipinski definition) is 5. The molecule has 0 radical (unpaired) electrons. The van der Waals surface area contributed by atoms with Gasteiger partial charge in [-0.2, -0.15) is 5.26 Å². The first-order valence-electron chi connectivity index (χ1n) is 8.38. The summed E-state index contributed by atoms with van der Waals surface area (Å²) in [7, 11) is -0.527. The number of carbonyl (C=O) groups excluding carboxylic acids is 1. The topological polar surface area (TPSA) is 59.3 Å². The number of thioether (sulfide) groups is 1. The van der Waals surface area contributed by atoms with E-state index < -0.39 is 18.3 Å². The van der Waals surface area contributed by atoms with Crippen LogP contribution in [0.25, 0.3) is 6.08 Å². The number of halogens is 1. The van der Waals surface area contributed by atoms with Crippen LogP contribution in [-0.4, -0.2) is 29.2 Å². The van der Waals surface area contributed by atoms with Crippen LogP contribution in [0.2, 0.25) is 0 Å². The number of benzene rings is 1. The van der Waals surface area contributed by atoms with E-state index in [1.807, 2.05) is 45.9 Å². The van der Waals surface area contributed by atoms with E-state index in [9.17, 15) is 10.1 Å². The molecule has 1 aliphatic rings. The summed E-state index contributed by atoms with van der Waals surface area (Å²) < 4.78 is 12.3. The van der Waals surface area contributed by atoms with Crippen molar-refractivity contribution in [3.63, 3.8) is 0 Å². The van der Waals surface area contributed by atoms with Crippen molar-refractivity contribution in [1.29, 1.82) is 5.26 Å². The van der Waals surface area contributed by atoms with Gasteiger partial charge in [-0.15, -0.1) is 0 Å². The first-order chi connectivity index (χ1) is 12.1. The maximum Gasteiger partial charge on any atom is 0.491 e. The zero-order chi connectivity index (χ0) is 19.5. The lowest BCUT2D eigenvalue weighted by Gasteiger charge is -2.32. The molecule has 1 fully saturated rings. The molecule has 2 rings (SSSR count). The van der Waals surface area contributed by atoms with Crippen LogP contribution in [0, 0.1) is 11.3 Å². The predicted octanol–water partition coefficient (Wildman–Crippen LogP) is 4.75. The summed E-state index contributed by atoms with van der Waals surface area (Å²) in [6, 6.07) is 7.75. The monoisotopic (exact) mass is 435 g/mol. The molecule has 0 saturated carbocycles. The number of nitrogens with zero attached hydrogens (tertiary/aromatic N) is 1. The Hall–Kier alpha value is -1.07. The Morgan fingerprint density at radius 1 is 1.31 bits per heavy atom. The Morgan fingerprint density at radius 2 is 1.92 bits per heavy atom. The zero-order valence-electron chi connectivity index (χ0n) is 15.8. The van der Waals surface area contributed by atoms with Gasteiger partial charge < -0.3 is 9.31 Å². The molecule has 1 heterocycles. The van der Waals surface area contributed by atoms with Gasteiger partial charge in [0.15, 0.2) is 5.12 Å². The normalized spacial score (nSPS) is 18.7. The van der Waals surface area contributed by atoms with Crippen molar-refractivity contribution in [2.75, 3.05) is 5.75 Å². The number of alkyl halides is 1. The highest BCUT2D eigenvalue weighted by molar-refractivity contribution is 9.08. The van der Waals surface area contributed by atoms with Gasteiger partial charge in [-0.25, -0.2) is 0 Å². The van der Waals surface area contributed by atoms with Crippen molar-refractivity contribution in [2.45, 2.75) is 51.2 Å². The fourth-order valence-corrected chi connectivity index (χ4v) is 3.58. The van der Waals surface area contributed by atoms with E-state index in [-0.39, 0.29) is 5.12 Å². The fourth-order valence-electron chi connectivity index (χ4n) is 2.48. The minimum Gasteiger partial charge on any atom is -0.400 e. The van der Waals surface area contributed by atoms with Crippen LogP contribution < -0.4 is 0 Å². The number of carbonyl (C=O) groups is 1. The van der Waals surface area contributed by atoms with E-state index in [4.69, 9.17) is 9.31 Å². The summed E-state index contributed by atoms with van der Waals surface area (Å²) in [6.07, 6.45) is 1.98. The molecule has 138 valence electrons. The van der Waals surface area contributed by atoms with E-state index in [0.717, 1.165) is 16.6 Å². The maximum absolute atomic E-state index is 11.5. The lowest BCUT2D eigenvalue weighted by Crippen LogP contribution is -2.41. The second kappa shape index (κ2) is 8.31. The van der Waals surface area contributed by atoms with Gasteiger partial charge in [0.05, 0.1) is 22.8 Å². The number of rotatable bonds is 5. The van der Waals surface area contributed by atoms with E-state index in [1.165, 1.54) is 11.8 Å². The summed E-state index contributed by atoms with van der Waals surface area (Å²) in [5, 5.41) is 9.91. The molecule has 1 aromatic rings. The molecule has 0 bridgehead atoms. The van der Waals surface area contributed by atoms with Crippen molar-refractivity contribution < 1.29 is 14.1 Å². The number of nitriles is 1. The van der Waals surface area contributed by atoms with Crippen molar-refractivity contribution in [3.05, 3.63) is 40.4 Å². The number of hydrogen-bond donors (Lipinski definition) is 0. The van der Waals surface area contributed by atoms with Crippen molar-refractivity contribution in [3.8, 4) is 6.07 Å². The van der Waals surface area contributed by atoms with Crippen LogP contribution in [0.1, 0.15) is 51.3 Å². The SMILES string of the molecule is CC(=O)SCC(=Cc1cc(C#N)ccc1CBr)B1OC(C)(C)C(C)(C)O1. The summed E-state index contributed by atoms with van der Waals surface area (Å²) in [5.41, 5.74) is 2.55. The van der Waals surface area contributed by atoms with Crippen molar-refractivity contribution in [1.82, 2.24) is 0 Å². The lowest BCUT2D eigenvalue weighted by molar-refractivity contribution is -0.109. The zero-order valence-corrected chi connectivity index (χ0v) is 18.2. The second-order valence-electron chi connectivity index (χ2n) is 7.25. The second-order valence-corrected chi connectivity index (χ2v) is 8.96. The molecular weight excluding hydrogens is 413 g/mol. The predicted molar refractivity (Wildman–Crippen MR) is 111 cm³/mol. The van der Waals surface area contributed by atoms with Crippen LogP contribution in [0.4, 0.5) is 0 Å². The van der Waals surface area contributed by atoms with Crippen molar-refractivity contribution >= 4 is 46.0 Å². The molecule has 4 nitrogen and oxygen atoms in total. The van der Waals surface area contributed by atoms with E-state index in [1.54, 1.807) is 13.0 Å². The fraction of sp³-hybridized carbons (Fsp3) is 0.474. The van der Waals surface area contributed by atoms with Gasteiger partial charge in [0.25, 0.3) is 0 Å². The summed E-state index contributed by atoms with van der Waals surface area (Å²) in [6.45, 7) is 9.56. The molecule has 0 N–H and O–H groups in total. The van der Waals surface area contributed by atoms with Crippen molar-refractivity contribution in [2.24, 2.45) is 0 Å². The third kappa shape index (κ3) is 4.80. The molecular formula is C19H23BBrNO3S. The van der Waals surface area contributed by atoms with Gasteiger partial charge in [-0.3, -0.25) is 4.79 Å². The molecule has 0 aliphatic carbocycles. The molecule has 0 atom stereocenters. The Bertz CT molecular complexity index is 755. The highest BCUT2D eigenvalue weighted by atomic mass is 79.9. The standard InChI is InChI=1S/C19H23BBrNO3S/c1-13(23)26-12-17(20-24-18(2,3)19(4,5)25-20)9-16-8-14(11-22)6-7-15(16)10-21/h6-9H,10,12H2,1-5H3. The Labute approximate surface area is 168 Å². The van der Waals surface area contributed by atoms with E-state index in [0.29, 0.717) is 16.6 Å². The molecule has 1 aromatic carbocycles. The van der Waals surface area contributed by atoms with Gasteiger partial charge in [0.2, 0.25) is 0 Å². The first-order valence-corrected chi connectivity index (χ1v) is 10.5. The Kier molecular flexibility index (Phi) is 6.78. The quantitative estimate of drug-likeness (QED) is 0.493. The molecule has 0 aromatic heterocycles. The molecule has 0 spiro atoms. The third-order valence-electron chi connectivity index (χ3n) is 4.76. The molecule has 0 amide bonds. The largest absolute Gasteiger partial charge is 0.491 e.